The summed E-state index contributed by atoms with van der Waals surface area (Å²) in [4.78, 5) is 6.92. The zero-order valence-electron chi connectivity index (χ0n) is 13.3. The lowest BCUT2D eigenvalue weighted by Gasteiger charge is -2.28. The maximum atomic E-state index is 5.97. The van der Waals surface area contributed by atoms with E-state index in [0.717, 1.165) is 13.1 Å². The van der Waals surface area contributed by atoms with Crippen LogP contribution in [0.5, 0.6) is 0 Å². The first kappa shape index (κ1) is 15.8. The van der Waals surface area contributed by atoms with Crippen LogP contribution in [0.4, 0.5) is 0 Å². The van der Waals surface area contributed by atoms with E-state index in [1.54, 1.807) is 0 Å². The van der Waals surface area contributed by atoms with E-state index >= 15 is 0 Å². The van der Waals surface area contributed by atoms with Crippen LogP contribution in [0.3, 0.4) is 0 Å². The lowest BCUT2D eigenvalue weighted by atomic mass is 10.1. The largest absolute Gasteiger partial charge is 0.370 e. The van der Waals surface area contributed by atoms with Crippen LogP contribution in [0, 0.1) is 5.92 Å². The van der Waals surface area contributed by atoms with Gasteiger partial charge in [0.05, 0.1) is 6.04 Å². The molecule has 1 aromatic carbocycles. The minimum Gasteiger partial charge on any atom is -0.370 e. The summed E-state index contributed by atoms with van der Waals surface area (Å²) in [6.07, 6.45) is 2.58. The van der Waals surface area contributed by atoms with Crippen molar-refractivity contribution in [2.75, 3.05) is 26.2 Å². The SMILES string of the molecule is CC(C)CN=C(N)NCC(c1ccccc1)N1CCCC1. The fourth-order valence-electron chi connectivity index (χ4n) is 2.72. The molecule has 1 aliphatic rings. The first-order chi connectivity index (χ1) is 10.2. The van der Waals surface area contributed by atoms with E-state index in [2.05, 4.69) is 59.4 Å². The van der Waals surface area contributed by atoms with E-state index in [0.29, 0.717) is 17.9 Å². The monoisotopic (exact) mass is 288 g/mol. The van der Waals surface area contributed by atoms with Crippen molar-refractivity contribution in [3.05, 3.63) is 35.9 Å². The summed E-state index contributed by atoms with van der Waals surface area (Å²) in [5, 5.41) is 3.30. The third kappa shape index (κ3) is 5.05. The standard InChI is InChI=1S/C17H28N4/c1-14(2)12-19-17(18)20-13-16(21-10-6-7-11-21)15-8-4-3-5-9-15/h3-5,8-9,14,16H,6-7,10-13H2,1-2H3,(H3,18,19,20). The number of hydrogen-bond acceptors (Lipinski definition) is 2. The molecule has 2 rings (SSSR count). The fourth-order valence-corrected chi connectivity index (χ4v) is 2.72. The molecule has 4 heteroatoms. The molecule has 0 saturated carbocycles. The second-order valence-corrected chi connectivity index (χ2v) is 6.17. The summed E-state index contributed by atoms with van der Waals surface area (Å²) in [6, 6.07) is 11.1. The lowest BCUT2D eigenvalue weighted by Crippen LogP contribution is -2.40. The lowest BCUT2D eigenvalue weighted by molar-refractivity contribution is 0.245. The van der Waals surface area contributed by atoms with Gasteiger partial charge in [0.15, 0.2) is 5.96 Å². The second kappa shape index (κ2) is 8.03. The van der Waals surface area contributed by atoms with Gasteiger partial charge in [0, 0.05) is 13.1 Å². The van der Waals surface area contributed by atoms with Crippen molar-refractivity contribution >= 4 is 5.96 Å². The normalized spacial score (nSPS) is 18.1. The molecule has 21 heavy (non-hydrogen) atoms. The van der Waals surface area contributed by atoms with Gasteiger partial charge in [0.25, 0.3) is 0 Å². The van der Waals surface area contributed by atoms with Crippen LogP contribution >= 0.6 is 0 Å². The highest BCUT2D eigenvalue weighted by atomic mass is 15.2. The molecule has 4 nitrogen and oxygen atoms in total. The van der Waals surface area contributed by atoms with Crippen molar-refractivity contribution in [3.63, 3.8) is 0 Å². The van der Waals surface area contributed by atoms with Crippen molar-refractivity contribution in [1.82, 2.24) is 10.2 Å². The minimum atomic E-state index is 0.376. The number of likely N-dealkylation sites (tertiary alicyclic amines) is 1. The van der Waals surface area contributed by atoms with Crippen LogP contribution in [0.25, 0.3) is 0 Å². The Bertz CT molecular complexity index is 435. The Labute approximate surface area is 128 Å². The molecule has 1 atom stereocenters. The molecule has 1 unspecified atom stereocenters. The van der Waals surface area contributed by atoms with Gasteiger partial charge in [-0.25, -0.2) is 0 Å². The summed E-state index contributed by atoms with van der Waals surface area (Å²) in [5.41, 5.74) is 7.32. The number of benzene rings is 1. The zero-order chi connectivity index (χ0) is 15.1. The number of aliphatic imine (C=N–C) groups is 1. The Morgan fingerprint density at radius 3 is 2.52 bits per heavy atom. The predicted octanol–water partition coefficient (Wildman–Crippen LogP) is 2.38. The zero-order valence-corrected chi connectivity index (χ0v) is 13.3. The van der Waals surface area contributed by atoms with Crippen LogP contribution in [0.2, 0.25) is 0 Å². The number of nitrogens with zero attached hydrogens (tertiary/aromatic N) is 2. The van der Waals surface area contributed by atoms with Gasteiger partial charge in [0.1, 0.15) is 0 Å². The van der Waals surface area contributed by atoms with E-state index in [1.807, 2.05) is 0 Å². The van der Waals surface area contributed by atoms with Gasteiger partial charge >= 0.3 is 0 Å². The van der Waals surface area contributed by atoms with E-state index < -0.39 is 0 Å². The molecule has 116 valence electrons. The average Bonchev–Trinajstić information content (AvgIpc) is 3.00. The van der Waals surface area contributed by atoms with Crippen molar-refractivity contribution in [3.8, 4) is 0 Å². The molecule has 1 saturated heterocycles. The van der Waals surface area contributed by atoms with E-state index in [-0.39, 0.29) is 0 Å². The van der Waals surface area contributed by atoms with Gasteiger partial charge in [0.2, 0.25) is 0 Å². The molecule has 1 heterocycles. The highest BCUT2D eigenvalue weighted by Crippen LogP contribution is 2.24. The molecule has 1 aliphatic heterocycles. The molecule has 0 aliphatic carbocycles. The molecule has 3 N–H and O–H groups in total. The molecular weight excluding hydrogens is 260 g/mol. The Balaban J connectivity index is 1.98. The van der Waals surface area contributed by atoms with Crippen molar-refractivity contribution in [2.45, 2.75) is 32.7 Å². The third-order valence-corrected chi connectivity index (χ3v) is 3.87. The average molecular weight is 288 g/mol. The maximum absolute atomic E-state index is 5.97. The van der Waals surface area contributed by atoms with Crippen LogP contribution in [0.1, 0.15) is 38.3 Å². The second-order valence-electron chi connectivity index (χ2n) is 6.17. The number of nitrogens with two attached hydrogens (primary N) is 1. The Morgan fingerprint density at radius 1 is 1.24 bits per heavy atom. The molecule has 1 aromatic rings. The summed E-state index contributed by atoms with van der Waals surface area (Å²) < 4.78 is 0. The van der Waals surface area contributed by atoms with Crippen molar-refractivity contribution in [2.24, 2.45) is 16.6 Å². The molecule has 0 amide bonds. The van der Waals surface area contributed by atoms with Crippen molar-refractivity contribution in [1.29, 1.82) is 0 Å². The van der Waals surface area contributed by atoms with Crippen LogP contribution in [0.15, 0.2) is 35.3 Å². The summed E-state index contributed by atoms with van der Waals surface area (Å²) in [6.45, 7) is 8.23. The minimum absolute atomic E-state index is 0.376. The van der Waals surface area contributed by atoms with E-state index in [4.69, 9.17) is 5.73 Å². The van der Waals surface area contributed by atoms with Gasteiger partial charge < -0.3 is 11.1 Å². The number of nitrogens with one attached hydrogen (secondary N) is 1. The molecular formula is C17H28N4. The smallest absolute Gasteiger partial charge is 0.188 e. The highest BCUT2D eigenvalue weighted by molar-refractivity contribution is 5.77. The topological polar surface area (TPSA) is 53.6 Å². The molecule has 0 radical (unpaired) electrons. The van der Waals surface area contributed by atoms with Gasteiger partial charge in [-0.15, -0.1) is 0 Å². The Morgan fingerprint density at radius 2 is 1.90 bits per heavy atom. The Hall–Kier alpha value is -1.55. The van der Waals surface area contributed by atoms with Crippen LogP contribution in [-0.4, -0.2) is 37.0 Å². The first-order valence-corrected chi connectivity index (χ1v) is 7.99. The van der Waals surface area contributed by atoms with Gasteiger partial charge in [-0.05, 0) is 37.4 Å². The fraction of sp³-hybridized carbons (Fsp3) is 0.588. The first-order valence-electron chi connectivity index (χ1n) is 7.99. The van der Waals surface area contributed by atoms with Crippen LogP contribution < -0.4 is 11.1 Å². The summed E-state index contributed by atoms with van der Waals surface area (Å²) in [5.74, 6) is 1.10. The third-order valence-electron chi connectivity index (χ3n) is 3.87. The highest BCUT2D eigenvalue weighted by Gasteiger charge is 2.23. The predicted molar refractivity (Wildman–Crippen MR) is 89.3 cm³/mol. The van der Waals surface area contributed by atoms with Gasteiger partial charge in [-0.2, -0.15) is 0 Å². The summed E-state index contributed by atoms with van der Waals surface area (Å²) >= 11 is 0. The maximum Gasteiger partial charge on any atom is 0.188 e. The number of hydrogen-bond donors (Lipinski definition) is 2. The quantitative estimate of drug-likeness (QED) is 0.624. The molecule has 1 fully saturated rings. The van der Waals surface area contributed by atoms with Gasteiger partial charge in [-0.1, -0.05) is 44.2 Å². The molecule has 0 spiro atoms. The van der Waals surface area contributed by atoms with Crippen molar-refractivity contribution < 1.29 is 0 Å². The van der Waals surface area contributed by atoms with E-state index in [9.17, 15) is 0 Å². The van der Waals surface area contributed by atoms with E-state index in [1.165, 1.54) is 31.5 Å². The number of rotatable bonds is 6. The summed E-state index contributed by atoms with van der Waals surface area (Å²) in [7, 11) is 0. The number of guanidine groups is 1. The molecule has 0 bridgehead atoms. The van der Waals surface area contributed by atoms with Crippen LogP contribution in [-0.2, 0) is 0 Å². The Kier molecular flexibility index (Phi) is 6.05. The van der Waals surface area contributed by atoms with Gasteiger partial charge in [-0.3, -0.25) is 9.89 Å². The molecule has 0 aromatic heterocycles.